The average molecular weight is 333 g/mol. The van der Waals surface area contributed by atoms with Crippen LogP contribution in [-0.4, -0.2) is 59.3 Å². The number of hydrogen-bond donors (Lipinski definition) is 2. The lowest BCUT2D eigenvalue weighted by molar-refractivity contribution is 0.0390. The van der Waals surface area contributed by atoms with Gasteiger partial charge in [0.05, 0.1) is 13.2 Å². The second-order valence-electron chi connectivity index (χ2n) is 4.85. The summed E-state index contributed by atoms with van der Waals surface area (Å²) >= 11 is 1.32. The number of thiophene rings is 1. The summed E-state index contributed by atoms with van der Waals surface area (Å²) in [5.41, 5.74) is 0. The van der Waals surface area contributed by atoms with E-state index in [1.807, 2.05) is 13.0 Å². The van der Waals surface area contributed by atoms with Crippen LogP contribution in [0.1, 0.15) is 11.8 Å². The van der Waals surface area contributed by atoms with Crippen molar-refractivity contribution in [3.8, 4) is 0 Å². The van der Waals surface area contributed by atoms with Crippen molar-refractivity contribution in [3.05, 3.63) is 17.0 Å². The molecule has 1 saturated heterocycles. The van der Waals surface area contributed by atoms with Gasteiger partial charge in [-0.3, -0.25) is 4.90 Å². The molecule has 0 bridgehead atoms. The van der Waals surface area contributed by atoms with Crippen molar-refractivity contribution in [1.29, 1.82) is 0 Å². The number of morpholine rings is 1. The summed E-state index contributed by atoms with van der Waals surface area (Å²) in [4.78, 5) is 3.24. The molecule has 1 aromatic heterocycles. The van der Waals surface area contributed by atoms with Gasteiger partial charge in [-0.1, -0.05) is 6.92 Å². The Morgan fingerprint density at radius 1 is 1.33 bits per heavy atom. The lowest BCUT2D eigenvalue weighted by Crippen LogP contribution is -2.41. The molecule has 0 saturated carbocycles. The van der Waals surface area contributed by atoms with Gasteiger partial charge in [0, 0.05) is 37.6 Å². The Labute approximate surface area is 130 Å². The zero-order valence-electron chi connectivity index (χ0n) is 12.3. The van der Waals surface area contributed by atoms with Crippen molar-refractivity contribution in [2.45, 2.75) is 17.7 Å². The third-order valence-electron chi connectivity index (χ3n) is 3.27. The highest BCUT2D eigenvalue weighted by Crippen LogP contribution is 2.21. The van der Waals surface area contributed by atoms with E-state index in [2.05, 4.69) is 14.9 Å². The molecule has 0 amide bonds. The third-order valence-corrected chi connectivity index (χ3v) is 6.31. The van der Waals surface area contributed by atoms with Crippen LogP contribution in [0.15, 0.2) is 16.3 Å². The lowest BCUT2D eigenvalue weighted by Gasteiger charge is -2.26. The van der Waals surface area contributed by atoms with Crippen molar-refractivity contribution >= 4 is 21.4 Å². The summed E-state index contributed by atoms with van der Waals surface area (Å²) in [6, 6.07) is 3.54. The van der Waals surface area contributed by atoms with Crippen LogP contribution in [0, 0.1) is 0 Å². The number of rotatable bonds is 8. The van der Waals surface area contributed by atoms with Gasteiger partial charge >= 0.3 is 0 Å². The van der Waals surface area contributed by atoms with Crippen molar-refractivity contribution < 1.29 is 13.2 Å². The van der Waals surface area contributed by atoms with E-state index in [0.717, 1.165) is 44.3 Å². The van der Waals surface area contributed by atoms with E-state index >= 15 is 0 Å². The highest BCUT2D eigenvalue weighted by atomic mass is 32.2. The van der Waals surface area contributed by atoms with Gasteiger partial charge in [0.15, 0.2) is 0 Å². The monoisotopic (exact) mass is 333 g/mol. The molecule has 8 heteroatoms. The van der Waals surface area contributed by atoms with Gasteiger partial charge in [-0.25, -0.2) is 13.1 Å². The zero-order valence-corrected chi connectivity index (χ0v) is 13.9. The van der Waals surface area contributed by atoms with E-state index in [1.165, 1.54) is 11.3 Å². The second kappa shape index (κ2) is 8.21. The Kier molecular flexibility index (Phi) is 6.59. The Morgan fingerprint density at radius 3 is 2.81 bits per heavy atom. The normalized spacial score (nSPS) is 17.2. The van der Waals surface area contributed by atoms with E-state index in [9.17, 15) is 8.42 Å². The summed E-state index contributed by atoms with van der Waals surface area (Å²) in [6.07, 6.45) is 0. The molecule has 0 unspecified atom stereocenters. The first-order chi connectivity index (χ1) is 10.1. The molecule has 1 aliphatic rings. The maximum absolute atomic E-state index is 12.2. The van der Waals surface area contributed by atoms with E-state index in [-0.39, 0.29) is 0 Å². The summed E-state index contributed by atoms with van der Waals surface area (Å²) in [5, 5.41) is 3.19. The summed E-state index contributed by atoms with van der Waals surface area (Å²) in [6.45, 7) is 7.96. The fourth-order valence-corrected chi connectivity index (χ4v) is 4.47. The van der Waals surface area contributed by atoms with E-state index in [1.54, 1.807) is 6.07 Å². The van der Waals surface area contributed by atoms with Crippen LogP contribution in [0.25, 0.3) is 0 Å². The first-order valence-electron chi connectivity index (χ1n) is 7.21. The molecule has 0 radical (unpaired) electrons. The van der Waals surface area contributed by atoms with Gasteiger partial charge < -0.3 is 10.1 Å². The molecule has 21 heavy (non-hydrogen) atoms. The van der Waals surface area contributed by atoms with Gasteiger partial charge in [-0.15, -0.1) is 11.3 Å². The van der Waals surface area contributed by atoms with Gasteiger partial charge in [0.25, 0.3) is 0 Å². The second-order valence-corrected chi connectivity index (χ2v) is 8.01. The van der Waals surface area contributed by atoms with Gasteiger partial charge in [-0.2, -0.15) is 0 Å². The number of ether oxygens (including phenoxy) is 1. The largest absolute Gasteiger partial charge is 0.379 e. The van der Waals surface area contributed by atoms with E-state index in [4.69, 9.17) is 4.74 Å². The van der Waals surface area contributed by atoms with Crippen LogP contribution in [0.2, 0.25) is 0 Å². The molecule has 0 aromatic carbocycles. The number of hydrogen-bond acceptors (Lipinski definition) is 6. The molecule has 1 aliphatic heterocycles. The summed E-state index contributed by atoms with van der Waals surface area (Å²) in [5.74, 6) is 0. The standard InChI is InChI=1S/C13H23N3O3S2/c1-2-14-11-12-3-4-13(20-12)21(17,18)15-5-6-16-7-9-19-10-8-16/h3-4,14-15H,2,5-11H2,1H3. The molecule has 2 rings (SSSR count). The predicted octanol–water partition coefficient (Wildman–Crippen LogP) is 0.468. The quantitative estimate of drug-likeness (QED) is 0.724. The first kappa shape index (κ1) is 16.9. The molecule has 2 N–H and O–H groups in total. The van der Waals surface area contributed by atoms with Crippen LogP contribution in [-0.2, 0) is 21.3 Å². The fraction of sp³-hybridized carbons (Fsp3) is 0.692. The highest BCUT2D eigenvalue weighted by Gasteiger charge is 2.17. The predicted molar refractivity (Wildman–Crippen MR) is 84.1 cm³/mol. The van der Waals surface area contributed by atoms with Crippen LogP contribution < -0.4 is 10.0 Å². The van der Waals surface area contributed by atoms with E-state index < -0.39 is 10.0 Å². The molecule has 0 atom stereocenters. The van der Waals surface area contributed by atoms with Crippen LogP contribution >= 0.6 is 11.3 Å². The lowest BCUT2D eigenvalue weighted by atomic mass is 10.4. The SMILES string of the molecule is CCNCc1ccc(S(=O)(=O)NCCN2CCOCC2)s1. The molecule has 1 aromatic rings. The molecular weight excluding hydrogens is 310 g/mol. The minimum Gasteiger partial charge on any atom is -0.379 e. The maximum Gasteiger partial charge on any atom is 0.250 e. The van der Waals surface area contributed by atoms with Crippen LogP contribution in [0.5, 0.6) is 0 Å². The van der Waals surface area contributed by atoms with Crippen molar-refractivity contribution in [2.24, 2.45) is 0 Å². The number of sulfonamides is 1. The minimum atomic E-state index is -3.38. The molecule has 0 aliphatic carbocycles. The smallest absolute Gasteiger partial charge is 0.250 e. The Balaban J connectivity index is 1.81. The van der Waals surface area contributed by atoms with Gasteiger partial charge in [-0.05, 0) is 18.7 Å². The Morgan fingerprint density at radius 2 is 2.10 bits per heavy atom. The Hall–Kier alpha value is -0.510. The molecule has 120 valence electrons. The summed E-state index contributed by atoms with van der Waals surface area (Å²) < 4.78 is 32.7. The van der Waals surface area contributed by atoms with Gasteiger partial charge in [0.2, 0.25) is 10.0 Å². The average Bonchev–Trinajstić information content (AvgIpc) is 2.96. The minimum absolute atomic E-state index is 0.386. The van der Waals surface area contributed by atoms with Crippen LogP contribution in [0.4, 0.5) is 0 Å². The van der Waals surface area contributed by atoms with Crippen molar-refractivity contribution in [2.75, 3.05) is 45.9 Å². The molecule has 6 nitrogen and oxygen atoms in total. The highest BCUT2D eigenvalue weighted by molar-refractivity contribution is 7.91. The topological polar surface area (TPSA) is 70.7 Å². The molecule has 1 fully saturated rings. The first-order valence-corrected chi connectivity index (χ1v) is 9.51. The fourth-order valence-electron chi connectivity index (χ4n) is 2.08. The molecular formula is C13H23N3O3S2. The summed E-state index contributed by atoms with van der Waals surface area (Å²) in [7, 11) is -3.38. The zero-order chi connectivity index (χ0) is 15.1. The number of nitrogens with zero attached hydrogens (tertiary/aromatic N) is 1. The maximum atomic E-state index is 12.2. The Bertz CT molecular complexity index is 525. The number of nitrogens with one attached hydrogen (secondary N) is 2. The van der Waals surface area contributed by atoms with Gasteiger partial charge in [0.1, 0.15) is 4.21 Å². The van der Waals surface area contributed by atoms with Crippen molar-refractivity contribution in [1.82, 2.24) is 14.9 Å². The molecule has 2 heterocycles. The molecule has 0 spiro atoms. The third kappa shape index (κ3) is 5.32. The van der Waals surface area contributed by atoms with E-state index in [0.29, 0.717) is 17.3 Å². The van der Waals surface area contributed by atoms with Crippen molar-refractivity contribution in [3.63, 3.8) is 0 Å². The van der Waals surface area contributed by atoms with Crippen LogP contribution in [0.3, 0.4) is 0 Å².